The number of cyclic esters (lactones) is 1. The van der Waals surface area contributed by atoms with Crippen LogP contribution in [0.25, 0.3) is 10.8 Å². The highest BCUT2D eigenvalue weighted by atomic mass is 35.5. The predicted octanol–water partition coefficient (Wildman–Crippen LogP) is 3.53. The van der Waals surface area contributed by atoms with Crippen LogP contribution >= 0.6 is 11.6 Å². The van der Waals surface area contributed by atoms with Crippen LogP contribution in [0.3, 0.4) is 0 Å². The van der Waals surface area contributed by atoms with E-state index in [2.05, 4.69) is 10.3 Å². The summed E-state index contributed by atoms with van der Waals surface area (Å²) in [5.74, 6) is -0.646. The van der Waals surface area contributed by atoms with Gasteiger partial charge in [-0.1, -0.05) is 11.6 Å². The second-order valence-electron chi connectivity index (χ2n) is 6.36. The SMILES string of the molecule is C[C@H]1COC(=O)N1c1cc(Cl)c2cnc(NC(=O)[C@@H]3C[C@@H]3F)cc2c1. The number of rotatable bonds is 3. The Bertz CT molecular complexity index is 891. The molecule has 0 unspecified atom stereocenters. The monoisotopic (exact) mass is 363 g/mol. The van der Waals surface area contributed by atoms with Crippen LogP contribution in [0.15, 0.2) is 24.4 Å². The third kappa shape index (κ3) is 2.89. The summed E-state index contributed by atoms with van der Waals surface area (Å²) in [6.07, 6.45) is 0.310. The fourth-order valence-electron chi connectivity index (χ4n) is 2.94. The number of hydrogen-bond acceptors (Lipinski definition) is 4. The van der Waals surface area contributed by atoms with Gasteiger partial charge >= 0.3 is 6.09 Å². The zero-order chi connectivity index (χ0) is 17.7. The summed E-state index contributed by atoms with van der Waals surface area (Å²) in [4.78, 5) is 29.5. The maximum Gasteiger partial charge on any atom is 0.414 e. The van der Waals surface area contributed by atoms with E-state index < -0.39 is 18.2 Å². The standard InChI is InChI=1S/C17H15ClFN3O3/c1-8-7-25-17(24)22(8)10-2-9-3-15(20-6-12(9)13(18)4-10)21-16(23)11-5-14(11)19/h2-4,6,8,11,14H,5,7H2,1H3,(H,20,21,23)/t8-,11+,14-/m0/s1. The Morgan fingerprint density at radius 2 is 2.20 bits per heavy atom. The summed E-state index contributed by atoms with van der Waals surface area (Å²) in [6, 6.07) is 5.03. The second kappa shape index (κ2) is 5.84. The Morgan fingerprint density at radius 3 is 2.84 bits per heavy atom. The van der Waals surface area contributed by atoms with Crippen molar-refractivity contribution in [1.82, 2.24) is 4.98 Å². The number of amides is 2. The Balaban J connectivity index is 1.68. The number of nitrogens with one attached hydrogen (secondary N) is 1. The Morgan fingerprint density at radius 1 is 1.44 bits per heavy atom. The number of carbonyl (C=O) groups is 2. The van der Waals surface area contributed by atoms with Gasteiger partial charge in [0, 0.05) is 17.3 Å². The number of carbonyl (C=O) groups excluding carboxylic acids is 2. The van der Waals surface area contributed by atoms with E-state index in [1.807, 2.05) is 6.92 Å². The van der Waals surface area contributed by atoms with E-state index in [9.17, 15) is 14.0 Å². The molecule has 2 fully saturated rings. The lowest BCUT2D eigenvalue weighted by atomic mass is 10.1. The molecule has 1 saturated heterocycles. The Labute approximate surface area is 147 Å². The van der Waals surface area contributed by atoms with Crippen molar-refractivity contribution in [2.75, 3.05) is 16.8 Å². The molecule has 6 nitrogen and oxygen atoms in total. The third-order valence-electron chi connectivity index (χ3n) is 4.44. The zero-order valence-electron chi connectivity index (χ0n) is 13.3. The first-order valence-corrected chi connectivity index (χ1v) is 8.32. The van der Waals surface area contributed by atoms with E-state index in [4.69, 9.17) is 16.3 Å². The number of pyridine rings is 1. The van der Waals surface area contributed by atoms with E-state index >= 15 is 0 Å². The first-order chi connectivity index (χ1) is 11.9. The maximum absolute atomic E-state index is 13.0. The minimum atomic E-state index is -1.07. The third-order valence-corrected chi connectivity index (χ3v) is 4.75. The van der Waals surface area contributed by atoms with Crippen molar-refractivity contribution >= 4 is 45.9 Å². The number of fused-ring (bicyclic) bond motifs is 1. The molecule has 0 radical (unpaired) electrons. The topological polar surface area (TPSA) is 71.5 Å². The highest BCUT2D eigenvalue weighted by Gasteiger charge is 2.43. The van der Waals surface area contributed by atoms with Gasteiger partial charge < -0.3 is 10.1 Å². The molecule has 130 valence electrons. The number of anilines is 2. The molecule has 8 heteroatoms. The normalized spacial score (nSPS) is 25.2. The van der Waals surface area contributed by atoms with Gasteiger partial charge in [0.2, 0.25) is 5.91 Å². The van der Waals surface area contributed by atoms with Gasteiger partial charge in [-0.05, 0) is 36.9 Å². The molecular weight excluding hydrogens is 349 g/mol. The lowest BCUT2D eigenvalue weighted by Crippen LogP contribution is -2.30. The first kappa shape index (κ1) is 16.1. The average molecular weight is 364 g/mol. The van der Waals surface area contributed by atoms with Gasteiger partial charge in [0.1, 0.15) is 18.6 Å². The maximum atomic E-state index is 13.0. The quantitative estimate of drug-likeness (QED) is 0.905. The number of aromatic nitrogens is 1. The summed E-state index contributed by atoms with van der Waals surface area (Å²) < 4.78 is 18.0. The number of benzene rings is 1. The molecule has 1 aromatic carbocycles. The van der Waals surface area contributed by atoms with Crippen LogP contribution in [0.1, 0.15) is 13.3 Å². The van der Waals surface area contributed by atoms with Crippen LogP contribution in [0.5, 0.6) is 0 Å². The molecule has 2 heterocycles. The van der Waals surface area contributed by atoms with Gasteiger partial charge in [-0.2, -0.15) is 0 Å². The van der Waals surface area contributed by atoms with Gasteiger partial charge in [0.25, 0.3) is 0 Å². The molecule has 0 bridgehead atoms. The van der Waals surface area contributed by atoms with Crippen LogP contribution in [0.4, 0.5) is 20.7 Å². The van der Waals surface area contributed by atoms with Crippen LogP contribution in [0, 0.1) is 5.92 Å². The highest BCUT2D eigenvalue weighted by molar-refractivity contribution is 6.36. The van der Waals surface area contributed by atoms with Gasteiger partial charge in [-0.25, -0.2) is 14.2 Å². The Kier molecular flexibility index (Phi) is 3.76. The van der Waals surface area contributed by atoms with E-state index in [1.54, 1.807) is 24.4 Å². The van der Waals surface area contributed by atoms with Crippen molar-refractivity contribution in [2.45, 2.75) is 25.6 Å². The van der Waals surface area contributed by atoms with Crippen LogP contribution in [-0.4, -0.2) is 35.8 Å². The molecule has 1 aliphatic carbocycles. The summed E-state index contributed by atoms with van der Waals surface area (Å²) >= 11 is 6.32. The minimum Gasteiger partial charge on any atom is -0.447 e. The molecule has 4 rings (SSSR count). The van der Waals surface area contributed by atoms with Crippen molar-refractivity contribution in [1.29, 1.82) is 0 Å². The van der Waals surface area contributed by atoms with Crippen molar-refractivity contribution in [2.24, 2.45) is 5.92 Å². The summed E-state index contributed by atoms with van der Waals surface area (Å²) in [6.45, 7) is 2.20. The fourth-order valence-corrected chi connectivity index (χ4v) is 3.21. The highest BCUT2D eigenvalue weighted by Crippen LogP contribution is 2.36. The number of ether oxygens (including phenoxy) is 1. The van der Waals surface area contributed by atoms with Crippen molar-refractivity contribution < 1.29 is 18.7 Å². The second-order valence-corrected chi connectivity index (χ2v) is 6.77. The zero-order valence-corrected chi connectivity index (χ0v) is 14.1. The first-order valence-electron chi connectivity index (χ1n) is 7.94. The van der Waals surface area contributed by atoms with E-state index in [0.29, 0.717) is 33.9 Å². The molecule has 1 aromatic heterocycles. The molecule has 2 aliphatic rings. The molecular formula is C17H15ClFN3O3. The largest absolute Gasteiger partial charge is 0.447 e. The van der Waals surface area contributed by atoms with Crippen LogP contribution < -0.4 is 10.2 Å². The summed E-state index contributed by atoms with van der Waals surface area (Å²) in [5.41, 5.74) is 0.613. The molecule has 2 aromatic rings. The molecule has 1 N–H and O–H groups in total. The smallest absolute Gasteiger partial charge is 0.414 e. The predicted molar refractivity (Wildman–Crippen MR) is 91.7 cm³/mol. The lowest BCUT2D eigenvalue weighted by molar-refractivity contribution is -0.117. The molecule has 3 atom stereocenters. The Hall–Kier alpha value is -2.41. The minimum absolute atomic E-state index is 0.0987. The number of hydrogen-bond donors (Lipinski definition) is 1. The number of alkyl halides is 1. The number of halogens is 2. The molecule has 25 heavy (non-hydrogen) atoms. The number of nitrogens with zero attached hydrogens (tertiary/aromatic N) is 2. The van der Waals surface area contributed by atoms with Crippen molar-refractivity contribution in [3.63, 3.8) is 0 Å². The van der Waals surface area contributed by atoms with E-state index in [1.165, 1.54) is 4.90 Å². The van der Waals surface area contributed by atoms with Crippen LogP contribution in [-0.2, 0) is 9.53 Å². The van der Waals surface area contributed by atoms with Gasteiger partial charge in [0.05, 0.1) is 17.0 Å². The molecule has 2 amide bonds. The van der Waals surface area contributed by atoms with Crippen LogP contribution in [0.2, 0.25) is 5.02 Å². The molecule has 1 aliphatic heterocycles. The van der Waals surface area contributed by atoms with Gasteiger partial charge in [-0.3, -0.25) is 9.69 Å². The molecule has 1 saturated carbocycles. The summed E-state index contributed by atoms with van der Waals surface area (Å²) in [7, 11) is 0. The summed E-state index contributed by atoms with van der Waals surface area (Å²) in [5, 5.41) is 4.46. The fraction of sp³-hybridized carbons (Fsp3) is 0.353. The van der Waals surface area contributed by atoms with Gasteiger partial charge in [0.15, 0.2) is 0 Å². The van der Waals surface area contributed by atoms with Gasteiger partial charge in [-0.15, -0.1) is 0 Å². The van der Waals surface area contributed by atoms with Crippen molar-refractivity contribution in [3.05, 3.63) is 29.4 Å². The van der Waals surface area contributed by atoms with E-state index in [0.717, 1.165) is 0 Å². The van der Waals surface area contributed by atoms with E-state index in [-0.39, 0.29) is 18.4 Å². The van der Waals surface area contributed by atoms with Crippen molar-refractivity contribution in [3.8, 4) is 0 Å². The lowest BCUT2D eigenvalue weighted by Gasteiger charge is -2.19. The molecule has 0 spiro atoms. The average Bonchev–Trinajstić information content (AvgIpc) is 3.20.